The molecule has 0 aliphatic carbocycles. The minimum atomic E-state index is -1.33. The Balaban J connectivity index is 0.000000192. The zero-order valence-electron chi connectivity index (χ0n) is 25.0. The number of carbonyl (C=O) groups is 3. The van der Waals surface area contributed by atoms with Crippen LogP contribution in [0.25, 0.3) is 33.9 Å². The third kappa shape index (κ3) is 7.55. The van der Waals surface area contributed by atoms with Crippen molar-refractivity contribution in [1.82, 2.24) is 19.6 Å². The monoisotopic (exact) mass is 738 g/mol. The third-order valence-electron chi connectivity index (χ3n) is 6.75. The summed E-state index contributed by atoms with van der Waals surface area (Å²) in [6.07, 6.45) is 0. The maximum Gasteiger partial charge on any atom is 0.360 e. The summed E-state index contributed by atoms with van der Waals surface area (Å²) in [7, 11) is 0. The van der Waals surface area contributed by atoms with Crippen LogP contribution in [0.1, 0.15) is 27.9 Å². The number of benzene rings is 4. The second-order valence-electron chi connectivity index (χ2n) is 10.0. The van der Waals surface area contributed by atoms with Crippen molar-refractivity contribution in [3.8, 4) is 45.4 Å². The molecular weight excluding hydrogens is 718 g/mol. The molecular formula is C34H22Cl4N4O7. The van der Waals surface area contributed by atoms with E-state index in [0.717, 1.165) is 0 Å². The lowest BCUT2D eigenvalue weighted by molar-refractivity contribution is -0.131. The number of hydrogen-bond acceptors (Lipinski definition) is 7. The van der Waals surface area contributed by atoms with Crippen LogP contribution in [0.15, 0.2) is 97.1 Å². The van der Waals surface area contributed by atoms with E-state index in [-0.39, 0.29) is 17.1 Å². The van der Waals surface area contributed by atoms with Gasteiger partial charge in [0.15, 0.2) is 11.5 Å². The SMILES string of the molecule is CC(=O)Oc1c(C(=O)O)nn(-c2ccccc2Cl)c1-c1ccc(Cl)cc1.O=C(O)c1nn(-c2ccccc2Cl)c(-c2ccc(Cl)cc2)c1O. The summed E-state index contributed by atoms with van der Waals surface area (Å²) < 4.78 is 7.84. The van der Waals surface area contributed by atoms with Crippen LogP contribution in [0.5, 0.6) is 11.5 Å². The van der Waals surface area contributed by atoms with Gasteiger partial charge in [-0.3, -0.25) is 4.79 Å². The lowest BCUT2D eigenvalue weighted by atomic mass is 10.1. The van der Waals surface area contributed by atoms with Gasteiger partial charge in [0, 0.05) is 28.1 Å². The molecule has 2 aromatic heterocycles. The van der Waals surface area contributed by atoms with Gasteiger partial charge in [0.25, 0.3) is 0 Å². The highest BCUT2D eigenvalue weighted by Crippen LogP contribution is 2.38. The van der Waals surface area contributed by atoms with Crippen molar-refractivity contribution >= 4 is 64.3 Å². The van der Waals surface area contributed by atoms with Crippen molar-refractivity contribution in [3.05, 3.63) is 129 Å². The number of aromatic hydroxyl groups is 1. The Bertz CT molecular complexity index is 2200. The number of hydrogen-bond donors (Lipinski definition) is 3. The van der Waals surface area contributed by atoms with Gasteiger partial charge in [-0.25, -0.2) is 19.0 Å². The average molecular weight is 740 g/mol. The van der Waals surface area contributed by atoms with Crippen molar-refractivity contribution in [2.24, 2.45) is 0 Å². The van der Waals surface area contributed by atoms with Gasteiger partial charge < -0.3 is 20.1 Å². The van der Waals surface area contributed by atoms with E-state index in [9.17, 15) is 29.7 Å². The molecule has 0 aliphatic rings. The Morgan fingerprint density at radius 1 is 0.612 bits per heavy atom. The normalized spacial score (nSPS) is 10.6. The topological polar surface area (TPSA) is 157 Å². The first kappa shape index (κ1) is 35.0. The minimum Gasteiger partial charge on any atom is -0.504 e. The number of aromatic carboxylic acids is 2. The van der Waals surface area contributed by atoms with Crippen LogP contribution in [-0.4, -0.2) is 52.8 Å². The molecule has 0 saturated heterocycles. The van der Waals surface area contributed by atoms with Gasteiger partial charge in [0.1, 0.15) is 11.4 Å². The van der Waals surface area contributed by atoms with E-state index in [1.165, 1.54) is 16.3 Å². The number of para-hydroxylation sites is 2. The Hall–Kier alpha value is -5.33. The molecule has 0 spiro atoms. The number of halogens is 4. The summed E-state index contributed by atoms with van der Waals surface area (Å²) in [6, 6.07) is 26.9. The van der Waals surface area contributed by atoms with Gasteiger partial charge in [-0.1, -0.05) is 94.9 Å². The fourth-order valence-corrected chi connectivity index (χ4v) is 5.35. The van der Waals surface area contributed by atoms with Crippen LogP contribution in [0.4, 0.5) is 0 Å². The van der Waals surface area contributed by atoms with Crippen LogP contribution < -0.4 is 4.74 Å². The largest absolute Gasteiger partial charge is 0.504 e. The molecule has 4 aromatic carbocycles. The van der Waals surface area contributed by atoms with E-state index in [2.05, 4.69) is 10.2 Å². The molecule has 11 nitrogen and oxygen atoms in total. The summed E-state index contributed by atoms with van der Waals surface area (Å²) in [5, 5.41) is 38.9. The number of rotatable bonds is 7. The molecule has 248 valence electrons. The van der Waals surface area contributed by atoms with Gasteiger partial charge >= 0.3 is 17.9 Å². The number of carboxylic acid groups (broad SMARTS) is 2. The van der Waals surface area contributed by atoms with E-state index in [4.69, 9.17) is 51.1 Å². The Morgan fingerprint density at radius 3 is 1.45 bits per heavy atom. The highest BCUT2D eigenvalue weighted by Gasteiger charge is 2.28. The minimum absolute atomic E-state index is 0.160. The molecule has 0 atom stereocenters. The lowest BCUT2D eigenvalue weighted by Gasteiger charge is -2.11. The van der Waals surface area contributed by atoms with Gasteiger partial charge in [0.05, 0.1) is 21.4 Å². The van der Waals surface area contributed by atoms with Gasteiger partial charge in [-0.2, -0.15) is 10.2 Å². The third-order valence-corrected chi connectivity index (χ3v) is 7.89. The quantitative estimate of drug-likeness (QED) is 0.136. The van der Waals surface area contributed by atoms with Gasteiger partial charge in [0.2, 0.25) is 11.4 Å². The Kier molecular flexibility index (Phi) is 10.6. The van der Waals surface area contributed by atoms with Crippen LogP contribution in [-0.2, 0) is 4.79 Å². The summed E-state index contributed by atoms with van der Waals surface area (Å²) in [6.45, 7) is 1.18. The maximum absolute atomic E-state index is 11.6. The molecule has 0 radical (unpaired) electrons. The van der Waals surface area contributed by atoms with Crippen molar-refractivity contribution < 1.29 is 34.4 Å². The van der Waals surface area contributed by atoms with Crippen molar-refractivity contribution in [3.63, 3.8) is 0 Å². The van der Waals surface area contributed by atoms with E-state index in [0.29, 0.717) is 42.6 Å². The highest BCUT2D eigenvalue weighted by molar-refractivity contribution is 6.33. The Morgan fingerprint density at radius 2 is 1.02 bits per heavy atom. The summed E-state index contributed by atoms with van der Waals surface area (Å²) >= 11 is 24.2. The number of ether oxygens (including phenoxy) is 1. The van der Waals surface area contributed by atoms with Crippen LogP contribution in [0.3, 0.4) is 0 Å². The standard InChI is InChI=1S/C18H12Cl2N2O4.C16H10Cl2N2O3/c1-10(23)26-17-15(18(24)25)21-22(14-5-3-2-4-13(14)20)16(17)11-6-8-12(19)9-7-11;17-10-7-5-9(6-8-10)14-15(21)13(16(22)23)19-20(14)12-4-2-1-3-11(12)18/h2-9H,1H3,(H,24,25);1-8,21H,(H,22,23). The van der Waals surface area contributed by atoms with E-state index in [1.54, 1.807) is 97.1 Å². The number of carboxylic acids is 2. The predicted molar refractivity (Wildman–Crippen MR) is 185 cm³/mol. The van der Waals surface area contributed by atoms with E-state index < -0.39 is 35.0 Å². The van der Waals surface area contributed by atoms with E-state index >= 15 is 0 Å². The second kappa shape index (κ2) is 14.8. The fraction of sp³-hybridized carbons (Fsp3) is 0.0294. The highest BCUT2D eigenvalue weighted by atomic mass is 35.5. The molecule has 0 fully saturated rings. The number of aromatic nitrogens is 4. The molecule has 49 heavy (non-hydrogen) atoms. The molecule has 6 aromatic rings. The number of carbonyl (C=O) groups excluding carboxylic acids is 1. The number of nitrogens with zero attached hydrogens (tertiary/aromatic N) is 4. The fourth-order valence-electron chi connectivity index (χ4n) is 4.66. The van der Waals surface area contributed by atoms with Crippen LogP contribution in [0.2, 0.25) is 20.1 Å². The molecule has 2 heterocycles. The molecule has 15 heteroatoms. The van der Waals surface area contributed by atoms with Gasteiger partial charge in [-0.15, -0.1) is 0 Å². The first-order valence-corrected chi connectivity index (χ1v) is 15.5. The molecule has 0 bridgehead atoms. The number of esters is 1. The molecule has 0 aliphatic heterocycles. The second-order valence-corrected chi connectivity index (χ2v) is 11.7. The summed E-state index contributed by atoms with van der Waals surface area (Å²) in [4.78, 5) is 34.5. The molecule has 0 unspecified atom stereocenters. The maximum atomic E-state index is 11.6. The molecule has 0 amide bonds. The first-order chi connectivity index (χ1) is 23.4. The zero-order chi connectivity index (χ0) is 35.4. The molecule has 6 rings (SSSR count). The van der Waals surface area contributed by atoms with Gasteiger partial charge in [-0.05, 0) is 48.5 Å². The Labute approximate surface area is 298 Å². The molecule has 0 saturated carbocycles. The molecule has 3 N–H and O–H groups in total. The predicted octanol–water partition coefficient (Wildman–Crippen LogP) is 8.72. The first-order valence-electron chi connectivity index (χ1n) is 14.0. The smallest absolute Gasteiger partial charge is 0.360 e. The van der Waals surface area contributed by atoms with Crippen molar-refractivity contribution in [2.75, 3.05) is 0 Å². The lowest BCUT2D eigenvalue weighted by Crippen LogP contribution is -2.06. The van der Waals surface area contributed by atoms with Crippen molar-refractivity contribution in [1.29, 1.82) is 0 Å². The zero-order valence-corrected chi connectivity index (χ0v) is 28.0. The average Bonchev–Trinajstić information content (AvgIpc) is 3.60. The summed E-state index contributed by atoms with van der Waals surface area (Å²) in [5.74, 6) is -3.92. The van der Waals surface area contributed by atoms with Crippen LogP contribution >= 0.6 is 46.4 Å². The summed E-state index contributed by atoms with van der Waals surface area (Å²) in [5.41, 5.74) is 1.69. The van der Waals surface area contributed by atoms with Crippen molar-refractivity contribution in [2.45, 2.75) is 6.92 Å². The van der Waals surface area contributed by atoms with E-state index in [1.807, 2.05) is 0 Å². The van der Waals surface area contributed by atoms with Crippen LogP contribution in [0, 0.1) is 0 Å².